The van der Waals surface area contributed by atoms with Crippen LogP contribution in [0.2, 0.25) is 0 Å². The number of ether oxygens (including phenoxy) is 3. The summed E-state index contributed by atoms with van der Waals surface area (Å²) in [5, 5.41) is 23.3. The molecule has 0 spiro atoms. The van der Waals surface area contributed by atoms with Crippen molar-refractivity contribution in [3.05, 3.63) is 107 Å². The number of aliphatic hydroxyl groups excluding tert-OH is 2. The maximum atomic E-state index is 12.2. The summed E-state index contributed by atoms with van der Waals surface area (Å²) in [6.07, 6.45) is -1.93. The number of benzene rings is 3. The Morgan fingerprint density at radius 3 is 2.21 bits per heavy atom. The minimum atomic E-state index is -0.865. The highest BCUT2D eigenvalue weighted by molar-refractivity contribution is 5.82. The molecule has 1 amide bonds. The molecule has 4 rings (SSSR count). The lowest BCUT2D eigenvalue weighted by molar-refractivity contribution is -0.253. The summed E-state index contributed by atoms with van der Waals surface area (Å²) in [5.74, 6) is -0.875. The fourth-order valence-corrected chi connectivity index (χ4v) is 5.12. The molecule has 1 aliphatic rings. The molecule has 0 aliphatic carbocycles. The third-order valence-electron chi connectivity index (χ3n) is 7.83. The number of esters is 1. The summed E-state index contributed by atoms with van der Waals surface area (Å²) in [5.41, 5.74) is 4.41. The third-order valence-corrected chi connectivity index (χ3v) is 7.83. The number of hydrogen-bond acceptors (Lipinski definition) is 8. The summed E-state index contributed by atoms with van der Waals surface area (Å²) in [4.78, 5) is 25.4. The zero-order valence-corrected chi connectivity index (χ0v) is 25.2. The predicted molar refractivity (Wildman–Crippen MR) is 161 cm³/mol. The van der Waals surface area contributed by atoms with E-state index < -0.39 is 24.5 Å². The molecule has 230 valence electrons. The molecule has 0 aromatic heterocycles. The Balaban J connectivity index is 1.46. The van der Waals surface area contributed by atoms with Gasteiger partial charge in [-0.15, -0.1) is 0 Å². The van der Waals surface area contributed by atoms with Gasteiger partial charge in [0, 0.05) is 38.0 Å². The van der Waals surface area contributed by atoms with E-state index in [4.69, 9.17) is 14.2 Å². The quantitative estimate of drug-likeness (QED) is 0.267. The monoisotopic (exact) mass is 590 g/mol. The molecular weight excluding hydrogens is 548 g/mol. The van der Waals surface area contributed by atoms with E-state index in [0.29, 0.717) is 13.0 Å². The molecule has 3 aromatic rings. The number of carbonyl (C=O) groups excluding carboxylic acids is 2. The van der Waals surface area contributed by atoms with Gasteiger partial charge >= 0.3 is 5.97 Å². The summed E-state index contributed by atoms with van der Waals surface area (Å²) in [6.45, 7) is 5.64. The van der Waals surface area contributed by atoms with Crippen LogP contribution in [0.1, 0.15) is 73.5 Å². The fourth-order valence-electron chi connectivity index (χ4n) is 5.12. The van der Waals surface area contributed by atoms with E-state index in [2.05, 4.69) is 10.2 Å². The average molecular weight is 591 g/mol. The minimum absolute atomic E-state index is 0.0257. The molecule has 3 aromatic carbocycles. The fraction of sp³-hybridized carbons (Fsp3) is 0.412. The Bertz CT molecular complexity index is 1320. The number of hydrogen-bond donors (Lipinski definition) is 3. The first-order valence-corrected chi connectivity index (χ1v) is 14.6. The van der Waals surface area contributed by atoms with Gasteiger partial charge in [0.15, 0.2) is 12.4 Å². The van der Waals surface area contributed by atoms with Crippen molar-refractivity contribution in [3.8, 4) is 0 Å². The average Bonchev–Trinajstić information content (AvgIpc) is 3.03. The van der Waals surface area contributed by atoms with E-state index in [0.717, 1.165) is 27.8 Å². The van der Waals surface area contributed by atoms with Gasteiger partial charge in [0.1, 0.15) is 0 Å². The Morgan fingerprint density at radius 2 is 1.58 bits per heavy atom. The van der Waals surface area contributed by atoms with E-state index in [-0.39, 0.29) is 37.3 Å². The molecule has 0 unspecified atom stereocenters. The zero-order valence-electron chi connectivity index (χ0n) is 25.2. The molecule has 3 N–H and O–H groups in total. The van der Waals surface area contributed by atoms with Gasteiger partial charge in [0.05, 0.1) is 24.9 Å². The lowest BCUT2D eigenvalue weighted by Crippen LogP contribution is -2.43. The van der Waals surface area contributed by atoms with Gasteiger partial charge in [-0.3, -0.25) is 14.5 Å². The number of rotatable bonds is 12. The van der Waals surface area contributed by atoms with Crippen molar-refractivity contribution in [2.24, 2.45) is 0 Å². The second kappa shape index (κ2) is 15.2. The highest BCUT2D eigenvalue weighted by Crippen LogP contribution is 2.38. The van der Waals surface area contributed by atoms with Crippen LogP contribution in [0.15, 0.2) is 78.9 Å². The first kappa shape index (κ1) is 32.3. The molecule has 0 radical (unpaired) electrons. The van der Waals surface area contributed by atoms with E-state index in [1.165, 1.54) is 13.8 Å². The topological polar surface area (TPSA) is 118 Å². The van der Waals surface area contributed by atoms with Crippen molar-refractivity contribution >= 4 is 11.9 Å². The normalized spacial score (nSPS) is 20.7. The van der Waals surface area contributed by atoms with Gasteiger partial charge in [-0.05, 0) is 43.1 Å². The molecule has 1 saturated heterocycles. The van der Waals surface area contributed by atoms with E-state index in [1.807, 2.05) is 92.8 Å². The maximum Gasteiger partial charge on any atom is 0.303 e. The van der Waals surface area contributed by atoms with Crippen molar-refractivity contribution < 1.29 is 34.0 Å². The van der Waals surface area contributed by atoms with Gasteiger partial charge in [0.25, 0.3) is 5.91 Å². The highest BCUT2D eigenvalue weighted by atomic mass is 16.7. The Kier molecular flexibility index (Phi) is 11.4. The number of aliphatic hydroxyl groups is 2. The van der Waals surface area contributed by atoms with Gasteiger partial charge in [-0.1, -0.05) is 78.9 Å². The molecular formula is C34H42N2O7. The second-order valence-electron chi connectivity index (χ2n) is 11.1. The summed E-state index contributed by atoms with van der Waals surface area (Å²) < 4.78 is 17.9. The molecule has 9 heteroatoms. The van der Waals surface area contributed by atoms with Crippen LogP contribution >= 0.6 is 0 Å². The molecule has 9 nitrogen and oxygen atoms in total. The van der Waals surface area contributed by atoms with Crippen LogP contribution in [0.3, 0.4) is 0 Å². The largest absolute Gasteiger partial charge is 0.453 e. The van der Waals surface area contributed by atoms with E-state index in [1.54, 1.807) is 0 Å². The molecule has 0 saturated carbocycles. The number of carbonyl (C=O) groups is 2. The smallest absolute Gasteiger partial charge is 0.303 e. The van der Waals surface area contributed by atoms with Gasteiger partial charge in [-0.25, -0.2) is 0 Å². The first-order valence-electron chi connectivity index (χ1n) is 14.6. The van der Waals surface area contributed by atoms with Crippen LogP contribution in [0, 0.1) is 0 Å². The Hall–Kier alpha value is -3.60. The van der Waals surface area contributed by atoms with E-state index in [9.17, 15) is 19.8 Å². The molecule has 1 heterocycles. The Labute approximate surface area is 253 Å². The first-order chi connectivity index (χ1) is 20.6. The minimum Gasteiger partial charge on any atom is -0.453 e. The van der Waals surface area contributed by atoms with Crippen molar-refractivity contribution in [3.63, 3.8) is 0 Å². The molecule has 0 bridgehead atoms. The summed E-state index contributed by atoms with van der Waals surface area (Å²) in [6, 6.07) is 24.9. The predicted octanol–water partition coefficient (Wildman–Crippen LogP) is 4.35. The van der Waals surface area contributed by atoms with Gasteiger partial charge < -0.3 is 29.7 Å². The van der Waals surface area contributed by atoms with Crippen molar-refractivity contribution in [1.29, 1.82) is 0 Å². The third kappa shape index (κ3) is 8.95. The van der Waals surface area contributed by atoms with Crippen LogP contribution in [-0.2, 0) is 37.0 Å². The van der Waals surface area contributed by atoms with Gasteiger partial charge in [-0.2, -0.15) is 0 Å². The summed E-state index contributed by atoms with van der Waals surface area (Å²) in [7, 11) is 1.99. The molecule has 43 heavy (non-hydrogen) atoms. The standard InChI is InChI=1S/C34H42N2O7/c1-22(32(39)28-8-6-5-7-9-28)36(4)20-30-18-31(27-14-12-26(21-37)13-15-27)43-34(42-30)29-16-10-25(11-17-29)19-35-33(40)23(2)41-24(3)38/h5-17,22-23,30-32,34,37,39H,18-21H2,1-4H3,(H,35,40)/t22-,23-,30+,31-,32-,34-/m0/s1. The van der Waals surface area contributed by atoms with Crippen molar-refractivity contribution in [2.75, 3.05) is 13.6 Å². The highest BCUT2D eigenvalue weighted by Gasteiger charge is 2.34. The molecule has 1 aliphatic heterocycles. The van der Waals surface area contributed by atoms with Crippen LogP contribution in [-0.4, -0.2) is 58.8 Å². The molecule has 6 atom stereocenters. The number of amides is 1. The van der Waals surface area contributed by atoms with Crippen LogP contribution in [0.25, 0.3) is 0 Å². The van der Waals surface area contributed by atoms with E-state index >= 15 is 0 Å². The van der Waals surface area contributed by atoms with Crippen LogP contribution in [0.5, 0.6) is 0 Å². The van der Waals surface area contributed by atoms with Crippen molar-refractivity contribution in [1.82, 2.24) is 10.2 Å². The van der Waals surface area contributed by atoms with Crippen LogP contribution < -0.4 is 5.32 Å². The lowest BCUT2D eigenvalue weighted by Gasteiger charge is -2.39. The number of nitrogens with zero attached hydrogens (tertiary/aromatic N) is 1. The number of nitrogens with one attached hydrogen (secondary N) is 1. The number of likely N-dealkylation sites (N-methyl/N-ethyl adjacent to an activating group) is 1. The zero-order chi connectivity index (χ0) is 30.9. The molecule has 1 fully saturated rings. The second-order valence-corrected chi connectivity index (χ2v) is 11.1. The van der Waals surface area contributed by atoms with Gasteiger partial charge in [0.2, 0.25) is 0 Å². The summed E-state index contributed by atoms with van der Waals surface area (Å²) >= 11 is 0. The Morgan fingerprint density at radius 1 is 0.953 bits per heavy atom. The lowest BCUT2D eigenvalue weighted by atomic mass is 9.98. The van der Waals surface area contributed by atoms with Crippen LogP contribution in [0.4, 0.5) is 0 Å². The van der Waals surface area contributed by atoms with Crippen molar-refractivity contribution in [2.45, 2.75) is 77.1 Å². The SMILES string of the molecule is CC(=O)O[C@@H](C)C(=O)NCc1ccc([C@H]2O[C@@H](CN(C)[C@@H](C)[C@H](O)c3ccccc3)C[C@@H](c3ccc(CO)cc3)O2)cc1. The maximum absolute atomic E-state index is 12.2.